The molecule has 2 heterocycles. The van der Waals surface area contributed by atoms with E-state index in [4.69, 9.17) is 0 Å². The van der Waals surface area contributed by atoms with E-state index < -0.39 is 0 Å². The minimum Gasteiger partial charge on any atom is -0.332 e. The van der Waals surface area contributed by atoms with Gasteiger partial charge < -0.3 is 4.90 Å². The predicted molar refractivity (Wildman–Crippen MR) is 52.4 cm³/mol. The van der Waals surface area contributed by atoms with Crippen molar-refractivity contribution in [2.75, 3.05) is 6.54 Å². The number of fused-ring (bicyclic) bond motifs is 1. The second kappa shape index (κ2) is 3.40. The van der Waals surface area contributed by atoms with E-state index in [1.165, 1.54) is 11.3 Å². The molecular weight excluding hydrogens is 176 g/mol. The van der Waals surface area contributed by atoms with E-state index in [9.17, 15) is 4.79 Å². The van der Waals surface area contributed by atoms with Crippen molar-refractivity contribution in [3.05, 3.63) is 29.6 Å². The zero-order valence-electron chi connectivity index (χ0n) is 8.66. The van der Waals surface area contributed by atoms with Gasteiger partial charge in [0.15, 0.2) is 6.20 Å². The van der Waals surface area contributed by atoms with E-state index in [1.54, 1.807) is 6.92 Å². The molecule has 2 rings (SSSR count). The lowest BCUT2D eigenvalue weighted by molar-refractivity contribution is -0.680. The second-order valence-electron chi connectivity index (χ2n) is 3.78. The summed E-state index contributed by atoms with van der Waals surface area (Å²) in [5, 5.41) is 0. The first-order valence-corrected chi connectivity index (χ1v) is 4.90. The van der Waals surface area contributed by atoms with Crippen molar-refractivity contribution in [1.82, 2.24) is 4.90 Å². The van der Waals surface area contributed by atoms with Crippen LogP contribution >= 0.6 is 0 Å². The summed E-state index contributed by atoms with van der Waals surface area (Å²) in [6.07, 6.45) is 3.01. The van der Waals surface area contributed by atoms with E-state index in [0.717, 1.165) is 19.5 Å². The molecule has 1 aromatic rings. The molecule has 0 saturated heterocycles. The summed E-state index contributed by atoms with van der Waals surface area (Å²) in [7, 11) is 2.03. The molecule has 3 nitrogen and oxygen atoms in total. The summed E-state index contributed by atoms with van der Waals surface area (Å²) in [5.41, 5.74) is 2.63. The lowest BCUT2D eigenvalue weighted by Gasteiger charge is -2.25. The third-order valence-corrected chi connectivity index (χ3v) is 2.84. The first-order chi connectivity index (χ1) is 6.68. The molecule has 0 radical (unpaired) electrons. The molecule has 3 heteroatoms. The Morgan fingerprint density at radius 3 is 3.07 bits per heavy atom. The molecule has 1 aliphatic heterocycles. The predicted octanol–water partition coefficient (Wildman–Crippen LogP) is 0.416. The smallest absolute Gasteiger partial charge is 0.219 e. The number of aryl methyl sites for hydroxylation is 1. The Balaban J connectivity index is 2.33. The van der Waals surface area contributed by atoms with Crippen LogP contribution in [0.4, 0.5) is 0 Å². The van der Waals surface area contributed by atoms with Crippen molar-refractivity contribution >= 4 is 5.91 Å². The monoisotopic (exact) mass is 191 g/mol. The molecule has 14 heavy (non-hydrogen) atoms. The first kappa shape index (κ1) is 9.19. The fourth-order valence-corrected chi connectivity index (χ4v) is 1.93. The largest absolute Gasteiger partial charge is 0.332 e. The molecule has 0 aromatic carbocycles. The van der Waals surface area contributed by atoms with Crippen LogP contribution in [-0.2, 0) is 24.8 Å². The summed E-state index contributed by atoms with van der Waals surface area (Å²) in [6.45, 7) is 3.24. The number of carbonyl (C=O) groups is 1. The minimum atomic E-state index is 0.166. The third kappa shape index (κ3) is 1.50. The maximum atomic E-state index is 11.2. The Morgan fingerprint density at radius 2 is 2.36 bits per heavy atom. The molecule has 0 bridgehead atoms. The highest BCUT2D eigenvalue weighted by Gasteiger charge is 2.23. The second-order valence-corrected chi connectivity index (χ2v) is 3.78. The third-order valence-electron chi connectivity index (χ3n) is 2.84. The molecule has 1 amide bonds. The van der Waals surface area contributed by atoms with Gasteiger partial charge in [0.25, 0.3) is 0 Å². The summed E-state index contributed by atoms with van der Waals surface area (Å²) in [6, 6.07) is 4.20. The number of hydrogen-bond acceptors (Lipinski definition) is 1. The van der Waals surface area contributed by atoms with Gasteiger partial charge in [-0.3, -0.25) is 4.79 Å². The van der Waals surface area contributed by atoms with E-state index in [0.29, 0.717) is 0 Å². The number of pyridine rings is 1. The van der Waals surface area contributed by atoms with Crippen LogP contribution < -0.4 is 4.57 Å². The van der Waals surface area contributed by atoms with E-state index >= 15 is 0 Å². The molecular formula is C11H15N2O+. The normalized spacial score (nSPS) is 15.1. The summed E-state index contributed by atoms with van der Waals surface area (Å²) >= 11 is 0. The quantitative estimate of drug-likeness (QED) is 0.545. The maximum Gasteiger partial charge on any atom is 0.219 e. The van der Waals surface area contributed by atoms with Crippen LogP contribution in [0.1, 0.15) is 18.2 Å². The zero-order chi connectivity index (χ0) is 10.1. The van der Waals surface area contributed by atoms with Crippen LogP contribution in [0.2, 0.25) is 0 Å². The number of aromatic nitrogens is 1. The molecule has 0 N–H and O–H groups in total. The average Bonchev–Trinajstić information content (AvgIpc) is 2.18. The summed E-state index contributed by atoms with van der Waals surface area (Å²) < 4.78 is 2.10. The van der Waals surface area contributed by atoms with Gasteiger partial charge in [-0.2, -0.15) is 0 Å². The van der Waals surface area contributed by atoms with Gasteiger partial charge in [-0.1, -0.05) is 0 Å². The van der Waals surface area contributed by atoms with E-state index in [1.807, 2.05) is 18.1 Å². The lowest BCUT2D eigenvalue weighted by Crippen LogP contribution is -2.43. The highest BCUT2D eigenvalue weighted by Crippen LogP contribution is 2.14. The number of amides is 1. The van der Waals surface area contributed by atoms with Gasteiger partial charge >= 0.3 is 0 Å². The van der Waals surface area contributed by atoms with Crippen LogP contribution in [0, 0.1) is 0 Å². The van der Waals surface area contributed by atoms with Crippen molar-refractivity contribution in [1.29, 1.82) is 0 Å². The Labute approximate surface area is 84.0 Å². The fraction of sp³-hybridized carbons (Fsp3) is 0.455. The highest BCUT2D eigenvalue weighted by atomic mass is 16.2. The van der Waals surface area contributed by atoms with Crippen molar-refractivity contribution < 1.29 is 9.36 Å². The topological polar surface area (TPSA) is 24.2 Å². The molecule has 74 valence electrons. The van der Waals surface area contributed by atoms with Gasteiger partial charge in [-0.25, -0.2) is 4.57 Å². The van der Waals surface area contributed by atoms with Crippen LogP contribution in [0.3, 0.4) is 0 Å². The van der Waals surface area contributed by atoms with Gasteiger partial charge in [0.05, 0.1) is 0 Å². The molecule has 0 aliphatic carbocycles. The van der Waals surface area contributed by atoms with Crippen LogP contribution in [0.25, 0.3) is 0 Å². The van der Waals surface area contributed by atoms with Crippen LogP contribution in [-0.4, -0.2) is 17.4 Å². The number of nitrogens with zero attached hydrogens (tertiary/aromatic N) is 2. The molecule has 0 atom stereocenters. The standard InChI is InChI=1S/C11H15N2O/c1-9(14)13-7-5-10-4-3-6-12(2)11(10)8-13/h3-4,6H,5,7-8H2,1-2H3/q+1. The van der Waals surface area contributed by atoms with Crippen LogP contribution in [0.5, 0.6) is 0 Å². The van der Waals surface area contributed by atoms with Gasteiger partial charge in [0.2, 0.25) is 11.6 Å². The van der Waals surface area contributed by atoms with E-state index in [2.05, 4.69) is 16.7 Å². The molecule has 1 aromatic heterocycles. The summed E-state index contributed by atoms with van der Waals surface area (Å²) in [4.78, 5) is 13.1. The van der Waals surface area contributed by atoms with Crippen molar-refractivity contribution in [2.45, 2.75) is 19.9 Å². The minimum absolute atomic E-state index is 0.166. The van der Waals surface area contributed by atoms with Crippen molar-refractivity contribution in [3.8, 4) is 0 Å². The number of hydrogen-bond donors (Lipinski definition) is 0. The lowest BCUT2D eigenvalue weighted by atomic mass is 10.0. The van der Waals surface area contributed by atoms with Crippen molar-refractivity contribution in [2.24, 2.45) is 7.05 Å². The van der Waals surface area contributed by atoms with Gasteiger partial charge in [-0.05, 0) is 12.5 Å². The maximum absolute atomic E-state index is 11.2. The zero-order valence-corrected chi connectivity index (χ0v) is 8.66. The average molecular weight is 191 g/mol. The Bertz CT molecular complexity index is 374. The Hall–Kier alpha value is -1.38. The SMILES string of the molecule is CC(=O)N1CCc2ccc[n+](C)c2C1. The number of rotatable bonds is 0. The van der Waals surface area contributed by atoms with E-state index in [-0.39, 0.29) is 5.91 Å². The molecule has 0 fully saturated rings. The fourth-order valence-electron chi connectivity index (χ4n) is 1.93. The van der Waals surface area contributed by atoms with Gasteiger partial charge in [0.1, 0.15) is 13.6 Å². The Morgan fingerprint density at radius 1 is 1.57 bits per heavy atom. The van der Waals surface area contributed by atoms with Gasteiger partial charge in [-0.15, -0.1) is 0 Å². The molecule has 0 unspecified atom stereocenters. The Kier molecular flexibility index (Phi) is 2.23. The summed E-state index contributed by atoms with van der Waals surface area (Å²) in [5.74, 6) is 0.166. The highest BCUT2D eigenvalue weighted by molar-refractivity contribution is 5.73. The number of carbonyl (C=O) groups excluding carboxylic acids is 1. The first-order valence-electron chi connectivity index (χ1n) is 4.90. The van der Waals surface area contributed by atoms with Crippen LogP contribution in [0.15, 0.2) is 18.3 Å². The molecule has 1 aliphatic rings. The van der Waals surface area contributed by atoms with Gasteiger partial charge in [0, 0.05) is 25.1 Å². The molecule has 0 saturated carbocycles. The molecule has 0 spiro atoms. The van der Waals surface area contributed by atoms with Crippen molar-refractivity contribution in [3.63, 3.8) is 0 Å².